The first-order chi connectivity index (χ1) is 8.25. The minimum atomic E-state index is 0.00570. The molecule has 1 fully saturated rings. The largest absolute Gasteiger partial charge is 0.376 e. The number of hydrogen-bond acceptors (Lipinski definition) is 6. The van der Waals surface area contributed by atoms with Crippen LogP contribution in [0.15, 0.2) is 24.5 Å². The van der Waals surface area contributed by atoms with E-state index in [2.05, 4.69) is 27.4 Å². The van der Waals surface area contributed by atoms with Gasteiger partial charge in [0.05, 0.1) is 18.8 Å². The summed E-state index contributed by atoms with van der Waals surface area (Å²) in [5.41, 5.74) is 0.999. The van der Waals surface area contributed by atoms with Crippen LogP contribution in [0.25, 0.3) is 10.6 Å². The summed E-state index contributed by atoms with van der Waals surface area (Å²) < 4.78 is 5.19. The molecular weight excluding hydrogens is 236 g/mol. The van der Waals surface area contributed by atoms with Gasteiger partial charge in [-0.2, -0.15) is 0 Å². The molecule has 1 saturated heterocycles. The summed E-state index contributed by atoms with van der Waals surface area (Å²) >= 11 is 1.53. The van der Waals surface area contributed by atoms with Gasteiger partial charge in [-0.25, -0.2) is 0 Å². The number of aromatic nitrogens is 3. The summed E-state index contributed by atoms with van der Waals surface area (Å²) in [5, 5.41) is 13.3. The second-order valence-corrected chi connectivity index (χ2v) is 5.31. The first kappa shape index (κ1) is 10.6. The molecule has 0 unspecified atom stereocenters. The Hall–Kier alpha value is -1.53. The maximum atomic E-state index is 5.19. The third kappa shape index (κ3) is 2.13. The molecule has 0 amide bonds. The van der Waals surface area contributed by atoms with E-state index in [1.807, 2.05) is 12.1 Å². The zero-order valence-corrected chi connectivity index (χ0v) is 10.2. The molecular formula is C11H12N4OS. The molecule has 1 N–H and O–H groups in total. The number of nitrogens with one attached hydrogen (secondary N) is 1. The lowest BCUT2D eigenvalue weighted by molar-refractivity contribution is -0.0318. The Bertz CT molecular complexity index is 509. The van der Waals surface area contributed by atoms with Crippen molar-refractivity contribution in [3.63, 3.8) is 0 Å². The molecule has 3 rings (SSSR count). The molecule has 0 aromatic carbocycles. The maximum absolute atomic E-state index is 5.19. The monoisotopic (exact) mass is 248 g/mol. The fourth-order valence-corrected chi connectivity index (χ4v) is 2.50. The highest BCUT2D eigenvalue weighted by atomic mass is 32.1. The van der Waals surface area contributed by atoms with Crippen LogP contribution in [0.1, 0.15) is 6.92 Å². The molecule has 0 bridgehead atoms. The summed E-state index contributed by atoms with van der Waals surface area (Å²) in [6, 6.07) is 3.87. The van der Waals surface area contributed by atoms with Gasteiger partial charge < -0.3 is 10.1 Å². The zero-order chi connectivity index (χ0) is 11.7. The van der Waals surface area contributed by atoms with E-state index in [0.29, 0.717) is 0 Å². The Morgan fingerprint density at radius 2 is 2.29 bits per heavy atom. The molecule has 3 heterocycles. The molecule has 1 aliphatic heterocycles. The SMILES string of the molecule is CC1(Nc2nnc(-c3cccnc3)s2)COC1. The van der Waals surface area contributed by atoms with Crippen LogP contribution in [0.2, 0.25) is 0 Å². The van der Waals surface area contributed by atoms with Crippen molar-refractivity contribution >= 4 is 16.5 Å². The van der Waals surface area contributed by atoms with E-state index in [1.165, 1.54) is 11.3 Å². The van der Waals surface area contributed by atoms with E-state index >= 15 is 0 Å². The Morgan fingerprint density at radius 3 is 2.94 bits per heavy atom. The van der Waals surface area contributed by atoms with E-state index in [1.54, 1.807) is 12.4 Å². The Morgan fingerprint density at radius 1 is 1.41 bits per heavy atom. The van der Waals surface area contributed by atoms with Crippen LogP contribution in [0, 0.1) is 0 Å². The molecule has 2 aromatic heterocycles. The number of rotatable bonds is 3. The minimum Gasteiger partial charge on any atom is -0.376 e. The van der Waals surface area contributed by atoms with Gasteiger partial charge in [-0.15, -0.1) is 10.2 Å². The summed E-state index contributed by atoms with van der Waals surface area (Å²) in [6.07, 6.45) is 3.54. The van der Waals surface area contributed by atoms with Gasteiger partial charge in [0.2, 0.25) is 5.13 Å². The fraction of sp³-hybridized carbons (Fsp3) is 0.364. The summed E-state index contributed by atoms with van der Waals surface area (Å²) in [5.74, 6) is 0. The van der Waals surface area contributed by atoms with Crippen molar-refractivity contribution in [1.29, 1.82) is 0 Å². The molecule has 0 spiro atoms. The van der Waals surface area contributed by atoms with Crippen molar-refractivity contribution in [3.8, 4) is 10.6 Å². The van der Waals surface area contributed by atoms with Gasteiger partial charge >= 0.3 is 0 Å². The standard InChI is InChI=1S/C11H12N4OS/c1-11(6-16-7-11)13-10-15-14-9(17-10)8-3-2-4-12-5-8/h2-5H,6-7H2,1H3,(H,13,15). The van der Waals surface area contributed by atoms with Crippen LogP contribution in [0.4, 0.5) is 5.13 Å². The number of anilines is 1. The quantitative estimate of drug-likeness (QED) is 0.897. The highest BCUT2D eigenvalue weighted by Gasteiger charge is 2.34. The first-order valence-corrected chi connectivity index (χ1v) is 6.17. The Labute approximate surface area is 103 Å². The normalized spacial score (nSPS) is 17.5. The predicted octanol–water partition coefficient (Wildman–Crippen LogP) is 1.80. The van der Waals surface area contributed by atoms with Crippen molar-refractivity contribution < 1.29 is 4.74 Å². The van der Waals surface area contributed by atoms with Crippen molar-refractivity contribution in [2.75, 3.05) is 18.5 Å². The topological polar surface area (TPSA) is 59.9 Å². The van der Waals surface area contributed by atoms with Gasteiger partial charge in [0.25, 0.3) is 0 Å². The lowest BCUT2D eigenvalue weighted by Gasteiger charge is -2.38. The van der Waals surface area contributed by atoms with Crippen LogP contribution in [-0.2, 0) is 4.74 Å². The van der Waals surface area contributed by atoms with E-state index < -0.39 is 0 Å². The average molecular weight is 248 g/mol. The zero-order valence-electron chi connectivity index (χ0n) is 9.38. The molecule has 2 aromatic rings. The van der Waals surface area contributed by atoms with Crippen LogP contribution >= 0.6 is 11.3 Å². The van der Waals surface area contributed by atoms with Gasteiger partial charge in [-0.1, -0.05) is 11.3 Å². The van der Waals surface area contributed by atoms with Gasteiger partial charge in [0.1, 0.15) is 0 Å². The molecule has 1 aliphatic rings. The minimum absolute atomic E-state index is 0.00570. The smallest absolute Gasteiger partial charge is 0.206 e. The Balaban J connectivity index is 1.79. The number of ether oxygens (including phenoxy) is 1. The number of hydrogen-bond donors (Lipinski definition) is 1. The summed E-state index contributed by atoms with van der Waals surface area (Å²) in [7, 11) is 0. The molecule has 5 nitrogen and oxygen atoms in total. The van der Waals surface area contributed by atoms with Crippen LogP contribution in [0.5, 0.6) is 0 Å². The van der Waals surface area contributed by atoms with Gasteiger partial charge in [0, 0.05) is 18.0 Å². The molecule has 0 radical (unpaired) electrons. The lowest BCUT2D eigenvalue weighted by atomic mass is 10.0. The van der Waals surface area contributed by atoms with Crippen LogP contribution in [0.3, 0.4) is 0 Å². The van der Waals surface area contributed by atoms with Gasteiger partial charge in [-0.05, 0) is 19.1 Å². The lowest BCUT2D eigenvalue weighted by Crippen LogP contribution is -2.53. The average Bonchev–Trinajstić information content (AvgIpc) is 2.77. The van der Waals surface area contributed by atoms with Crippen molar-refractivity contribution in [2.24, 2.45) is 0 Å². The van der Waals surface area contributed by atoms with Crippen molar-refractivity contribution in [3.05, 3.63) is 24.5 Å². The maximum Gasteiger partial charge on any atom is 0.206 e. The van der Waals surface area contributed by atoms with E-state index in [0.717, 1.165) is 28.9 Å². The first-order valence-electron chi connectivity index (χ1n) is 5.35. The van der Waals surface area contributed by atoms with Gasteiger partial charge in [0.15, 0.2) is 5.01 Å². The third-order valence-corrected chi connectivity index (χ3v) is 3.47. The summed E-state index contributed by atoms with van der Waals surface area (Å²) in [4.78, 5) is 4.07. The van der Waals surface area contributed by atoms with E-state index in [4.69, 9.17) is 4.74 Å². The highest BCUT2D eigenvalue weighted by molar-refractivity contribution is 7.18. The summed E-state index contributed by atoms with van der Waals surface area (Å²) in [6.45, 7) is 3.55. The van der Waals surface area contributed by atoms with Crippen molar-refractivity contribution in [2.45, 2.75) is 12.5 Å². The molecule has 0 aliphatic carbocycles. The second kappa shape index (κ2) is 4.05. The number of nitrogens with zero attached hydrogens (tertiary/aromatic N) is 3. The molecule has 0 saturated carbocycles. The van der Waals surface area contributed by atoms with E-state index in [9.17, 15) is 0 Å². The van der Waals surface area contributed by atoms with E-state index in [-0.39, 0.29) is 5.54 Å². The molecule has 17 heavy (non-hydrogen) atoms. The second-order valence-electron chi connectivity index (χ2n) is 4.33. The molecule has 6 heteroatoms. The Kier molecular flexibility index (Phi) is 2.53. The van der Waals surface area contributed by atoms with Gasteiger partial charge in [-0.3, -0.25) is 4.98 Å². The third-order valence-electron chi connectivity index (χ3n) is 2.58. The molecule has 0 atom stereocenters. The number of pyridine rings is 1. The molecule has 88 valence electrons. The highest BCUT2D eigenvalue weighted by Crippen LogP contribution is 2.29. The van der Waals surface area contributed by atoms with Crippen LogP contribution < -0.4 is 5.32 Å². The fourth-order valence-electron chi connectivity index (χ4n) is 1.62. The van der Waals surface area contributed by atoms with Crippen molar-refractivity contribution in [1.82, 2.24) is 15.2 Å². The van der Waals surface area contributed by atoms with Crippen LogP contribution in [-0.4, -0.2) is 33.9 Å². The predicted molar refractivity (Wildman–Crippen MR) is 66.0 cm³/mol.